The van der Waals surface area contributed by atoms with Crippen LogP contribution in [0.1, 0.15) is 38.8 Å². The largest absolute Gasteiger partial charge is 0.356 e. The molecule has 0 radical (unpaired) electrons. The number of hydrogen-bond donors (Lipinski definition) is 0. The maximum atomic E-state index is 12.6. The summed E-state index contributed by atoms with van der Waals surface area (Å²) in [6, 6.07) is 8.34. The van der Waals surface area contributed by atoms with Crippen molar-refractivity contribution in [1.82, 2.24) is 10.1 Å². The lowest BCUT2D eigenvalue weighted by molar-refractivity contribution is -0.136. The fourth-order valence-electron chi connectivity index (χ4n) is 3.21. The van der Waals surface area contributed by atoms with Crippen molar-refractivity contribution in [2.24, 2.45) is 0 Å². The summed E-state index contributed by atoms with van der Waals surface area (Å²) in [5.41, 5.74) is 1.49. The van der Waals surface area contributed by atoms with Crippen LogP contribution < -0.4 is 0 Å². The predicted octanol–water partition coefficient (Wildman–Crippen LogP) is 3.16. The Balaban J connectivity index is 1.81. The zero-order chi connectivity index (χ0) is 14.1. The summed E-state index contributed by atoms with van der Waals surface area (Å²) in [4.78, 5) is 14.6. The van der Waals surface area contributed by atoms with Crippen LogP contribution in [0.25, 0.3) is 11.0 Å². The lowest BCUT2D eigenvalue weighted by Crippen LogP contribution is -2.48. The number of aromatic nitrogens is 1. The number of carbonyl (C=O) groups is 1. The maximum absolute atomic E-state index is 12.6. The Morgan fingerprint density at radius 2 is 2.00 bits per heavy atom. The van der Waals surface area contributed by atoms with Crippen LogP contribution in [0.3, 0.4) is 0 Å². The molecule has 1 amide bonds. The molecule has 1 saturated heterocycles. The first-order chi connectivity index (χ1) is 9.66. The number of rotatable bonds is 2. The summed E-state index contributed by atoms with van der Waals surface area (Å²) in [6.45, 7) is 4.27. The summed E-state index contributed by atoms with van der Waals surface area (Å²) in [5, 5.41) is 5.00. The monoisotopic (exact) mass is 272 g/mol. The van der Waals surface area contributed by atoms with E-state index in [-0.39, 0.29) is 5.91 Å². The van der Waals surface area contributed by atoms with Crippen LogP contribution in [0.2, 0.25) is 0 Å². The summed E-state index contributed by atoms with van der Waals surface area (Å²) < 4.78 is 5.27. The summed E-state index contributed by atoms with van der Waals surface area (Å²) >= 11 is 0. The van der Waals surface area contributed by atoms with E-state index in [9.17, 15) is 4.79 Å². The Labute approximate surface area is 118 Å². The molecule has 2 atom stereocenters. The van der Waals surface area contributed by atoms with Crippen molar-refractivity contribution < 1.29 is 9.32 Å². The average Bonchev–Trinajstić information content (AvgIpc) is 2.82. The van der Waals surface area contributed by atoms with Crippen molar-refractivity contribution in [1.29, 1.82) is 0 Å². The Hall–Kier alpha value is -1.84. The van der Waals surface area contributed by atoms with E-state index < -0.39 is 0 Å². The highest BCUT2D eigenvalue weighted by Crippen LogP contribution is 2.25. The van der Waals surface area contributed by atoms with E-state index in [0.717, 1.165) is 29.5 Å². The first-order valence-corrected chi connectivity index (χ1v) is 7.31. The van der Waals surface area contributed by atoms with E-state index in [1.807, 2.05) is 29.2 Å². The van der Waals surface area contributed by atoms with Crippen molar-refractivity contribution in [3.8, 4) is 0 Å². The molecule has 0 aliphatic carbocycles. The van der Waals surface area contributed by atoms with Crippen molar-refractivity contribution in [3.63, 3.8) is 0 Å². The molecule has 0 unspecified atom stereocenters. The van der Waals surface area contributed by atoms with E-state index in [0.29, 0.717) is 18.5 Å². The maximum Gasteiger partial charge on any atom is 0.229 e. The normalized spacial score (nSPS) is 23.2. The van der Waals surface area contributed by atoms with Crippen molar-refractivity contribution >= 4 is 16.9 Å². The molecule has 1 aromatic carbocycles. The number of fused-ring (bicyclic) bond motifs is 1. The molecule has 2 aromatic rings. The number of likely N-dealkylation sites (tertiary alicyclic amines) is 1. The van der Waals surface area contributed by atoms with Gasteiger partial charge in [0.05, 0.1) is 6.42 Å². The van der Waals surface area contributed by atoms with E-state index in [4.69, 9.17) is 4.52 Å². The zero-order valence-electron chi connectivity index (χ0n) is 12.0. The second kappa shape index (κ2) is 5.27. The third-order valence-electron chi connectivity index (χ3n) is 4.25. The van der Waals surface area contributed by atoms with Gasteiger partial charge in [-0.05, 0) is 45.2 Å². The second-order valence-corrected chi connectivity index (χ2v) is 5.73. The highest BCUT2D eigenvalue weighted by atomic mass is 16.5. The van der Waals surface area contributed by atoms with E-state index in [1.165, 1.54) is 6.42 Å². The van der Waals surface area contributed by atoms with Crippen molar-refractivity contribution in [3.05, 3.63) is 30.0 Å². The Kier molecular flexibility index (Phi) is 3.47. The van der Waals surface area contributed by atoms with Gasteiger partial charge in [-0.3, -0.25) is 4.79 Å². The molecule has 0 N–H and O–H groups in total. The summed E-state index contributed by atoms with van der Waals surface area (Å²) in [6.07, 6.45) is 3.72. The van der Waals surface area contributed by atoms with Gasteiger partial charge in [-0.2, -0.15) is 0 Å². The molecular formula is C16H20N2O2. The molecular weight excluding hydrogens is 252 g/mol. The standard InChI is InChI=1S/C16H20N2O2/c1-11-6-5-7-12(2)18(11)16(19)10-14-13-8-3-4-9-15(13)20-17-14/h3-4,8-9,11-12H,5-7,10H2,1-2H3/t11-,12+. The van der Waals surface area contributed by atoms with Crippen LogP contribution in [-0.2, 0) is 11.2 Å². The van der Waals surface area contributed by atoms with Crippen LogP contribution in [0, 0.1) is 0 Å². The first-order valence-electron chi connectivity index (χ1n) is 7.31. The van der Waals surface area contributed by atoms with Crippen molar-refractivity contribution in [2.75, 3.05) is 0 Å². The minimum Gasteiger partial charge on any atom is -0.356 e. The minimum atomic E-state index is 0.156. The molecule has 106 valence electrons. The molecule has 1 aliphatic rings. The van der Waals surface area contributed by atoms with Gasteiger partial charge in [-0.15, -0.1) is 0 Å². The van der Waals surface area contributed by atoms with Crippen LogP contribution in [0.15, 0.2) is 28.8 Å². The molecule has 4 nitrogen and oxygen atoms in total. The number of hydrogen-bond acceptors (Lipinski definition) is 3. The highest BCUT2D eigenvalue weighted by molar-refractivity contribution is 5.86. The first kappa shape index (κ1) is 13.2. The molecule has 0 saturated carbocycles. The fraction of sp³-hybridized carbons (Fsp3) is 0.500. The Morgan fingerprint density at radius 1 is 1.30 bits per heavy atom. The summed E-state index contributed by atoms with van der Waals surface area (Å²) in [7, 11) is 0. The minimum absolute atomic E-state index is 0.156. The molecule has 3 rings (SSSR count). The SMILES string of the molecule is C[C@@H]1CCC[C@H](C)N1C(=O)Cc1noc2ccccc12. The van der Waals surface area contributed by atoms with E-state index in [1.54, 1.807) is 0 Å². The third kappa shape index (κ3) is 2.30. The number of amides is 1. The quantitative estimate of drug-likeness (QED) is 0.843. The van der Waals surface area contributed by atoms with Gasteiger partial charge in [0, 0.05) is 17.5 Å². The average molecular weight is 272 g/mol. The molecule has 1 fully saturated rings. The van der Waals surface area contributed by atoms with Gasteiger partial charge in [-0.1, -0.05) is 17.3 Å². The van der Waals surface area contributed by atoms with Gasteiger partial charge >= 0.3 is 0 Å². The summed E-state index contributed by atoms with van der Waals surface area (Å²) in [5.74, 6) is 0.156. The fourth-order valence-corrected chi connectivity index (χ4v) is 3.21. The molecule has 0 spiro atoms. The van der Waals surface area contributed by atoms with Crippen molar-refractivity contribution in [2.45, 2.75) is 51.6 Å². The van der Waals surface area contributed by atoms with Gasteiger partial charge in [0.2, 0.25) is 5.91 Å². The molecule has 4 heteroatoms. The lowest BCUT2D eigenvalue weighted by Gasteiger charge is -2.39. The topological polar surface area (TPSA) is 46.3 Å². The van der Waals surface area contributed by atoms with Gasteiger partial charge in [0.15, 0.2) is 5.58 Å². The molecule has 1 aromatic heterocycles. The highest BCUT2D eigenvalue weighted by Gasteiger charge is 2.29. The Bertz CT molecular complexity index is 610. The zero-order valence-corrected chi connectivity index (χ0v) is 12.0. The number of benzene rings is 1. The Morgan fingerprint density at radius 3 is 2.75 bits per heavy atom. The predicted molar refractivity (Wildman–Crippen MR) is 77.3 cm³/mol. The van der Waals surface area contributed by atoms with Crippen LogP contribution in [0.4, 0.5) is 0 Å². The third-order valence-corrected chi connectivity index (χ3v) is 4.25. The molecule has 20 heavy (non-hydrogen) atoms. The van der Waals surface area contributed by atoms with E-state index in [2.05, 4.69) is 19.0 Å². The van der Waals surface area contributed by atoms with Gasteiger partial charge in [-0.25, -0.2) is 0 Å². The molecule has 0 bridgehead atoms. The number of piperidine rings is 1. The number of nitrogens with zero attached hydrogens (tertiary/aromatic N) is 2. The second-order valence-electron chi connectivity index (χ2n) is 5.73. The van der Waals surface area contributed by atoms with Crippen LogP contribution >= 0.6 is 0 Å². The van der Waals surface area contributed by atoms with Crippen LogP contribution in [0.5, 0.6) is 0 Å². The molecule has 1 aliphatic heterocycles. The lowest BCUT2D eigenvalue weighted by atomic mass is 9.96. The number of para-hydroxylation sites is 1. The van der Waals surface area contributed by atoms with Crippen LogP contribution in [-0.4, -0.2) is 28.0 Å². The van der Waals surface area contributed by atoms with Gasteiger partial charge in [0.25, 0.3) is 0 Å². The smallest absolute Gasteiger partial charge is 0.229 e. The van der Waals surface area contributed by atoms with Gasteiger partial charge in [0.1, 0.15) is 5.69 Å². The van der Waals surface area contributed by atoms with Gasteiger partial charge < -0.3 is 9.42 Å². The molecule has 2 heterocycles. The number of carbonyl (C=O) groups excluding carboxylic acids is 1. The van der Waals surface area contributed by atoms with E-state index >= 15 is 0 Å².